The zero-order chi connectivity index (χ0) is 13.9. The lowest BCUT2D eigenvalue weighted by Crippen LogP contribution is -2.18. The second-order valence-electron chi connectivity index (χ2n) is 5.18. The molecular formula is C13H20N6O. The average Bonchev–Trinajstić information content (AvgIpc) is 3.07. The van der Waals surface area contributed by atoms with Gasteiger partial charge in [-0.2, -0.15) is 15.1 Å². The maximum absolute atomic E-state index is 8.96. The van der Waals surface area contributed by atoms with E-state index in [4.69, 9.17) is 5.11 Å². The van der Waals surface area contributed by atoms with Gasteiger partial charge >= 0.3 is 0 Å². The van der Waals surface area contributed by atoms with Crippen molar-refractivity contribution in [3.05, 3.63) is 6.20 Å². The number of aryl methyl sites for hydroxylation is 1. The van der Waals surface area contributed by atoms with Crippen LogP contribution in [0.3, 0.4) is 0 Å². The van der Waals surface area contributed by atoms with Crippen molar-refractivity contribution in [3.8, 4) is 0 Å². The van der Waals surface area contributed by atoms with Gasteiger partial charge in [-0.15, -0.1) is 0 Å². The van der Waals surface area contributed by atoms with E-state index in [0.29, 0.717) is 18.5 Å². The summed E-state index contributed by atoms with van der Waals surface area (Å²) in [5, 5.41) is 20.6. The fraction of sp³-hybridized carbons (Fsp3) is 0.615. The third kappa shape index (κ3) is 2.53. The molecule has 0 unspecified atom stereocenters. The standard InChI is InChI=1S/C13H20N6O/c1-19-12-10(8-15-19)11(14-6-7-20)17-13(18-12)16-9-4-2-3-5-9/h8-9,20H,2-7H2,1H3,(H2,14,16,17,18). The highest BCUT2D eigenvalue weighted by atomic mass is 16.3. The van der Waals surface area contributed by atoms with Crippen molar-refractivity contribution in [2.45, 2.75) is 31.7 Å². The van der Waals surface area contributed by atoms with Gasteiger partial charge in [0.2, 0.25) is 5.95 Å². The predicted molar refractivity (Wildman–Crippen MR) is 77.8 cm³/mol. The van der Waals surface area contributed by atoms with E-state index >= 15 is 0 Å². The van der Waals surface area contributed by atoms with Crippen LogP contribution in [0.1, 0.15) is 25.7 Å². The molecule has 7 heteroatoms. The quantitative estimate of drug-likeness (QED) is 0.758. The van der Waals surface area contributed by atoms with Gasteiger partial charge in [0.25, 0.3) is 0 Å². The van der Waals surface area contributed by atoms with Gasteiger partial charge in [-0.25, -0.2) is 0 Å². The second kappa shape index (κ2) is 5.62. The SMILES string of the molecule is Cn1ncc2c(NCCO)nc(NC3CCCC3)nc21. The largest absolute Gasteiger partial charge is 0.395 e. The number of nitrogens with zero attached hydrogens (tertiary/aromatic N) is 4. The molecule has 1 aliphatic rings. The van der Waals surface area contributed by atoms with Crippen LogP contribution in [0.5, 0.6) is 0 Å². The second-order valence-corrected chi connectivity index (χ2v) is 5.18. The summed E-state index contributed by atoms with van der Waals surface area (Å²) in [6, 6.07) is 0.464. The molecule has 0 saturated heterocycles. The summed E-state index contributed by atoms with van der Waals surface area (Å²) in [4.78, 5) is 9.06. The average molecular weight is 276 g/mol. The molecule has 0 amide bonds. The highest BCUT2D eigenvalue weighted by Gasteiger charge is 2.17. The molecule has 1 aliphatic carbocycles. The van der Waals surface area contributed by atoms with E-state index in [9.17, 15) is 0 Å². The van der Waals surface area contributed by atoms with Crippen molar-refractivity contribution in [2.75, 3.05) is 23.8 Å². The number of aliphatic hydroxyl groups is 1. The predicted octanol–water partition coefficient (Wildman–Crippen LogP) is 1.12. The summed E-state index contributed by atoms with van der Waals surface area (Å²) < 4.78 is 1.74. The van der Waals surface area contributed by atoms with E-state index in [2.05, 4.69) is 25.7 Å². The molecule has 0 atom stereocenters. The van der Waals surface area contributed by atoms with E-state index in [1.807, 2.05) is 7.05 Å². The van der Waals surface area contributed by atoms with Gasteiger partial charge in [0.1, 0.15) is 5.82 Å². The summed E-state index contributed by atoms with van der Waals surface area (Å²) >= 11 is 0. The van der Waals surface area contributed by atoms with Crippen LogP contribution in [0.25, 0.3) is 11.0 Å². The monoisotopic (exact) mass is 276 g/mol. The highest BCUT2D eigenvalue weighted by Crippen LogP contribution is 2.24. The first-order valence-electron chi connectivity index (χ1n) is 7.09. The van der Waals surface area contributed by atoms with Crippen LogP contribution in [0, 0.1) is 0 Å². The molecule has 1 fully saturated rings. The normalized spacial score (nSPS) is 15.9. The number of fused-ring (bicyclic) bond motifs is 1. The zero-order valence-corrected chi connectivity index (χ0v) is 11.6. The Morgan fingerprint density at radius 2 is 2.15 bits per heavy atom. The molecule has 2 aromatic heterocycles. The van der Waals surface area contributed by atoms with Crippen molar-refractivity contribution in [1.29, 1.82) is 0 Å². The Labute approximate surface area is 117 Å². The fourth-order valence-electron chi connectivity index (χ4n) is 2.65. The van der Waals surface area contributed by atoms with Crippen LogP contribution in [0.2, 0.25) is 0 Å². The van der Waals surface area contributed by atoms with E-state index in [0.717, 1.165) is 16.9 Å². The lowest BCUT2D eigenvalue weighted by Gasteiger charge is -2.13. The Morgan fingerprint density at radius 3 is 2.90 bits per heavy atom. The van der Waals surface area contributed by atoms with Crippen molar-refractivity contribution in [2.24, 2.45) is 7.05 Å². The number of anilines is 2. The van der Waals surface area contributed by atoms with Crippen LogP contribution in [0.15, 0.2) is 6.20 Å². The number of hydrogen-bond acceptors (Lipinski definition) is 6. The first-order valence-corrected chi connectivity index (χ1v) is 7.09. The minimum absolute atomic E-state index is 0.0666. The Bertz CT molecular complexity index is 590. The van der Waals surface area contributed by atoms with Gasteiger partial charge in [0.15, 0.2) is 5.65 Å². The van der Waals surface area contributed by atoms with E-state index in [1.165, 1.54) is 25.7 Å². The fourth-order valence-corrected chi connectivity index (χ4v) is 2.65. The molecule has 108 valence electrons. The van der Waals surface area contributed by atoms with E-state index in [1.54, 1.807) is 10.9 Å². The van der Waals surface area contributed by atoms with Crippen molar-refractivity contribution in [3.63, 3.8) is 0 Å². The molecular weight excluding hydrogens is 256 g/mol. The molecule has 20 heavy (non-hydrogen) atoms. The van der Waals surface area contributed by atoms with Crippen LogP contribution in [-0.4, -0.2) is 44.0 Å². The highest BCUT2D eigenvalue weighted by molar-refractivity contribution is 5.87. The molecule has 0 aromatic carbocycles. The van der Waals surface area contributed by atoms with Gasteiger partial charge in [-0.1, -0.05) is 12.8 Å². The first kappa shape index (κ1) is 13.1. The Balaban J connectivity index is 1.92. The Kier molecular flexibility index (Phi) is 3.68. The molecule has 1 saturated carbocycles. The van der Waals surface area contributed by atoms with Crippen LogP contribution in [0.4, 0.5) is 11.8 Å². The van der Waals surface area contributed by atoms with E-state index in [-0.39, 0.29) is 6.61 Å². The van der Waals surface area contributed by atoms with Crippen molar-refractivity contribution in [1.82, 2.24) is 19.7 Å². The van der Waals surface area contributed by atoms with Crippen molar-refractivity contribution >= 4 is 22.8 Å². The lowest BCUT2D eigenvalue weighted by molar-refractivity contribution is 0.311. The maximum atomic E-state index is 8.96. The number of nitrogens with one attached hydrogen (secondary N) is 2. The molecule has 0 bridgehead atoms. The zero-order valence-electron chi connectivity index (χ0n) is 11.6. The summed E-state index contributed by atoms with van der Waals surface area (Å²) in [7, 11) is 1.87. The number of rotatable bonds is 5. The molecule has 2 aromatic rings. The summed E-state index contributed by atoms with van der Waals surface area (Å²) in [5.74, 6) is 1.35. The third-order valence-corrected chi connectivity index (χ3v) is 3.68. The molecule has 3 N–H and O–H groups in total. The third-order valence-electron chi connectivity index (χ3n) is 3.68. The summed E-state index contributed by atoms with van der Waals surface area (Å²) in [6.07, 6.45) is 6.62. The van der Waals surface area contributed by atoms with Gasteiger partial charge in [-0.05, 0) is 12.8 Å². The maximum Gasteiger partial charge on any atom is 0.226 e. The van der Waals surface area contributed by atoms with Gasteiger partial charge in [-0.3, -0.25) is 4.68 Å². The van der Waals surface area contributed by atoms with E-state index < -0.39 is 0 Å². The minimum atomic E-state index is 0.0666. The topological polar surface area (TPSA) is 87.9 Å². The van der Waals surface area contributed by atoms with Crippen LogP contribution < -0.4 is 10.6 Å². The number of aliphatic hydroxyl groups excluding tert-OH is 1. The Morgan fingerprint density at radius 1 is 1.35 bits per heavy atom. The molecule has 0 spiro atoms. The van der Waals surface area contributed by atoms with Gasteiger partial charge < -0.3 is 15.7 Å². The van der Waals surface area contributed by atoms with Gasteiger partial charge in [0, 0.05) is 19.6 Å². The molecule has 3 rings (SSSR count). The molecule has 2 heterocycles. The van der Waals surface area contributed by atoms with Crippen molar-refractivity contribution < 1.29 is 5.11 Å². The smallest absolute Gasteiger partial charge is 0.226 e. The number of hydrogen-bond donors (Lipinski definition) is 3. The van der Waals surface area contributed by atoms with Gasteiger partial charge in [0.05, 0.1) is 18.2 Å². The number of aromatic nitrogens is 4. The minimum Gasteiger partial charge on any atom is -0.395 e. The molecule has 0 aliphatic heterocycles. The summed E-state index contributed by atoms with van der Waals surface area (Å²) in [6.45, 7) is 0.529. The summed E-state index contributed by atoms with van der Waals surface area (Å²) in [5.41, 5.74) is 0.793. The van der Waals surface area contributed by atoms with Crippen LogP contribution >= 0.6 is 0 Å². The lowest BCUT2D eigenvalue weighted by atomic mass is 10.2. The van der Waals surface area contributed by atoms with Crippen LogP contribution in [-0.2, 0) is 7.05 Å². The Hall–Kier alpha value is -1.89. The molecule has 0 radical (unpaired) electrons. The first-order chi connectivity index (χ1) is 9.78. The molecule has 7 nitrogen and oxygen atoms in total.